The summed E-state index contributed by atoms with van der Waals surface area (Å²) in [4.78, 5) is 13.2. The lowest BCUT2D eigenvalue weighted by atomic mass is 10.2. The second-order valence-electron chi connectivity index (χ2n) is 7.49. The first kappa shape index (κ1) is 22.9. The second kappa shape index (κ2) is 9.33. The van der Waals surface area contributed by atoms with E-state index < -0.39 is 22.0 Å². The van der Waals surface area contributed by atoms with E-state index in [1.54, 1.807) is 48.5 Å². The smallest absolute Gasteiger partial charge is 0.267 e. The van der Waals surface area contributed by atoms with Crippen molar-refractivity contribution in [3.63, 3.8) is 0 Å². The lowest BCUT2D eigenvalue weighted by Gasteiger charge is -2.35. The van der Waals surface area contributed by atoms with Crippen LogP contribution in [0, 0.1) is 6.92 Å². The van der Waals surface area contributed by atoms with Crippen molar-refractivity contribution in [1.82, 2.24) is 0 Å². The van der Waals surface area contributed by atoms with Gasteiger partial charge in [-0.05, 0) is 56.3 Å². The minimum atomic E-state index is -3.98. The van der Waals surface area contributed by atoms with E-state index in [1.165, 1.54) is 22.5 Å². The van der Waals surface area contributed by atoms with Crippen molar-refractivity contribution in [2.75, 3.05) is 22.8 Å². The molecule has 0 fully saturated rings. The van der Waals surface area contributed by atoms with Crippen molar-refractivity contribution in [2.45, 2.75) is 24.8 Å². The molecule has 1 amide bonds. The molecular weight excluding hydrogens is 464 g/mol. The van der Waals surface area contributed by atoms with Crippen LogP contribution in [0.5, 0.6) is 11.5 Å². The Labute approximate surface area is 197 Å². The van der Waals surface area contributed by atoms with Gasteiger partial charge < -0.3 is 14.8 Å². The second-order valence-corrected chi connectivity index (χ2v) is 9.78. The van der Waals surface area contributed by atoms with Crippen LogP contribution in [0.1, 0.15) is 12.5 Å². The molecule has 3 aromatic rings. The lowest BCUT2D eigenvalue weighted by Crippen LogP contribution is -2.48. The molecule has 0 aliphatic carbocycles. The van der Waals surface area contributed by atoms with Crippen molar-refractivity contribution < 1.29 is 22.7 Å². The number of halogens is 1. The summed E-state index contributed by atoms with van der Waals surface area (Å²) >= 11 is 6.14. The molecule has 0 unspecified atom stereocenters. The molecule has 1 aliphatic heterocycles. The highest BCUT2D eigenvalue weighted by molar-refractivity contribution is 7.92. The molecule has 1 atom stereocenters. The van der Waals surface area contributed by atoms with Crippen LogP contribution in [0.3, 0.4) is 0 Å². The molecule has 7 nitrogen and oxygen atoms in total. The standard InChI is InChI=1S/C24H23ClN2O5S/c1-3-31-21-7-5-4-6-19(21)26-24(28)23-15-27(20-14-17(25)10-13-22(20)32-23)33(29,30)18-11-8-16(2)9-12-18/h4-14,23H,3,15H2,1-2H3,(H,26,28)/t23-/m0/s1. The van der Waals surface area contributed by atoms with Gasteiger partial charge in [-0.2, -0.15) is 0 Å². The zero-order valence-corrected chi connectivity index (χ0v) is 19.7. The summed E-state index contributed by atoms with van der Waals surface area (Å²) in [7, 11) is -3.98. The van der Waals surface area contributed by atoms with Crippen LogP contribution in [0.15, 0.2) is 71.6 Å². The SMILES string of the molecule is CCOc1ccccc1NC(=O)[C@@H]1CN(S(=O)(=O)c2ccc(C)cc2)c2cc(Cl)ccc2O1. The molecule has 3 aromatic carbocycles. The number of hydrogen-bond acceptors (Lipinski definition) is 5. The minimum Gasteiger partial charge on any atom is -0.492 e. The van der Waals surface area contributed by atoms with Crippen molar-refractivity contribution >= 4 is 38.9 Å². The fourth-order valence-electron chi connectivity index (χ4n) is 3.49. The summed E-state index contributed by atoms with van der Waals surface area (Å²) in [5.41, 5.74) is 1.69. The fraction of sp³-hybridized carbons (Fsp3) is 0.208. The number of rotatable bonds is 6. The highest BCUT2D eigenvalue weighted by atomic mass is 35.5. The van der Waals surface area contributed by atoms with Gasteiger partial charge in [0, 0.05) is 5.02 Å². The summed E-state index contributed by atoms with van der Waals surface area (Å²) in [6, 6.07) is 18.2. The number of amides is 1. The number of ether oxygens (including phenoxy) is 2. The molecule has 0 spiro atoms. The largest absolute Gasteiger partial charge is 0.492 e. The Morgan fingerprint density at radius 2 is 1.88 bits per heavy atom. The van der Waals surface area contributed by atoms with Gasteiger partial charge in [0.2, 0.25) is 0 Å². The van der Waals surface area contributed by atoms with Gasteiger partial charge >= 0.3 is 0 Å². The van der Waals surface area contributed by atoms with E-state index in [0.29, 0.717) is 23.1 Å². The number of anilines is 2. The Kier molecular flexibility index (Phi) is 6.49. The van der Waals surface area contributed by atoms with Crippen LogP contribution in [-0.2, 0) is 14.8 Å². The van der Waals surface area contributed by atoms with E-state index in [4.69, 9.17) is 21.1 Å². The Hall–Kier alpha value is -3.23. The molecule has 1 N–H and O–H groups in total. The summed E-state index contributed by atoms with van der Waals surface area (Å²) in [5, 5.41) is 3.15. The van der Waals surface area contributed by atoms with Crippen molar-refractivity contribution in [3.8, 4) is 11.5 Å². The van der Waals surface area contributed by atoms with Gasteiger partial charge in [-0.25, -0.2) is 8.42 Å². The number of hydrogen-bond donors (Lipinski definition) is 1. The number of para-hydroxylation sites is 2. The number of carbonyl (C=O) groups is 1. The van der Waals surface area contributed by atoms with Crippen LogP contribution >= 0.6 is 11.6 Å². The number of carbonyl (C=O) groups excluding carboxylic acids is 1. The number of sulfonamides is 1. The molecule has 9 heteroatoms. The summed E-state index contributed by atoms with van der Waals surface area (Å²) in [6.45, 7) is 3.94. The first-order valence-corrected chi connectivity index (χ1v) is 12.2. The third-order valence-corrected chi connectivity index (χ3v) is 7.17. The third kappa shape index (κ3) is 4.77. The van der Waals surface area contributed by atoms with E-state index in [9.17, 15) is 13.2 Å². The maximum absolute atomic E-state index is 13.5. The lowest BCUT2D eigenvalue weighted by molar-refractivity contribution is -0.122. The Morgan fingerprint density at radius 1 is 1.15 bits per heavy atom. The number of nitrogens with zero attached hydrogens (tertiary/aromatic N) is 1. The van der Waals surface area contributed by atoms with Crippen molar-refractivity contribution in [3.05, 3.63) is 77.3 Å². The third-order valence-electron chi connectivity index (χ3n) is 5.14. The molecule has 33 heavy (non-hydrogen) atoms. The predicted molar refractivity (Wildman–Crippen MR) is 128 cm³/mol. The van der Waals surface area contributed by atoms with Gasteiger partial charge in [0.15, 0.2) is 6.10 Å². The van der Waals surface area contributed by atoms with Crippen LogP contribution in [-0.4, -0.2) is 33.6 Å². The first-order chi connectivity index (χ1) is 15.8. The zero-order chi connectivity index (χ0) is 23.6. The van der Waals surface area contributed by atoms with E-state index in [-0.39, 0.29) is 22.9 Å². The molecule has 4 rings (SSSR count). The Balaban J connectivity index is 1.68. The van der Waals surface area contributed by atoms with Crippen LogP contribution in [0.2, 0.25) is 5.02 Å². The molecule has 0 radical (unpaired) electrons. The van der Waals surface area contributed by atoms with Gasteiger partial charge in [-0.1, -0.05) is 41.4 Å². The van der Waals surface area contributed by atoms with E-state index in [0.717, 1.165) is 5.56 Å². The highest BCUT2D eigenvalue weighted by Crippen LogP contribution is 2.39. The number of nitrogens with one attached hydrogen (secondary N) is 1. The molecule has 0 aromatic heterocycles. The van der Waals surface area contributed by atoms with Gasteiger partial charge in [-0.15, -0.1) is 0 Å². The molecule has 0 bridgehead atoms. The average molecular weight is 487 g/mol. The zero-order valence-electron chi connectivity index (χ0n) is 18.1. The van der Waals surface area contributed by atoms with Gasteiger partial charge in [0.05, 0.1) is 29.4 Å². The van der Waals surface area contributed by atoms with Crippen LogP contribution in [0.4, 0.5) is 11.4 Å². The monoisotopic (exact) mass is 486 g/mol. The fourth-order valence-corrected chi connectivity index (χ4v) is 5.12. The predicted octanol–water partition coefficient (Wildman–Crippen LogP) is 4.64. The number of aryl methyl sites for hydroxylation is 1. The van der Waals surface area contributed by atoms with E-state index >= 15 is 0 Å². The van der Waals surface area contributed by atoms with Gasteiger partial charge in [0.25, 0.3) is 15.9 Å². The number of fused-ring (bicyclic) bond motifs is 1. The van der Waals surface area contributed by atoms with Gasteiger partial charge in [0.1, 0.15) is 11.5 Å². The molecule has 1 aliphatic rings. The molecular formula is C24H23ClN2O5S. The molecule has 1 heterocycles. The average Bonchev–Trinajstić information content (AvgIpc) is 2.80. The summed E-state index contributed by atoms with van der Waals surface area (Å²) in [5.74, 6) is 0.270. The van der Waals surface area contributed by atoms with E-state index in [1.807, 2.05) is 13.8 Å². The van der Waals surface area contributed by atoms with Gasteiger partial charge in [-0.3, -0.25) is 9.10 Å². The number of benzene rings is 3. The maximum Gasteiger partial charge on any atom is 0.267 e. The van der Waals surface area contributed by atoms with E-state index in [2.05, 4.69) is 5.32 Å². The molecule has 0 saturated carbocycles. The Bertz CT molecular complexity index is 1280. The summed E-state index contributed by atoms with van der Waals surface area (Å²) in [6.07, 6.45) is -1.09. The first-order valence-electron chi connectivity index (χ1n) is 10.4. The van der Waals surface area contributed by atoms with Crippen LogP contribution in [0.25, 0.3) is 0 Å². The maximum atomic E-state index is 13.5. The minimum absolute atomic E-state index is 0.113. The van der Waals surface area contributed by atoms with Crippen LogP contribution < -0.4 is 19.1 Å². The summed E-state index contributed by atoms with van der Waals surface area (Å²) < 4.78 is 39.6. The van der Waals surface area contributed by atoms with Crippen molar-refractivity contribution in [1.29, 1.82) is 0 Å². The highest BCUT2D eigenvalue weighted by Gasteiger charge is 2.38. The van der Waals surface area contributed by atoms with Crippen molar-refractivity contribution in [2.24, 2.45) is 0 Å². The molecule has 0 saturated heterocycles. The molecule has 172 valence electrons. The normalized spacial score (nSPS) is 15.4. The topological polar surface area (TPSA) is 84.9 Å². The quantitative estimate of drug-likeness (QED) is 0.548. The Morgan fingerprint density at radius 3 is 2.61 bits per heavy atom.